The smallest absolute Gasteiger partial charge is 0.120 e. The maximum absolute atomic E-state index is 10.7. The molecule has 3 aliphatic carbocycles. The Bertz CT molecular complexity index is 528. The molecule has 0 unspecified atom stereocenters. The Hall–Kier alpha value is -1.35. The molecule has 1 saturated carbocycles. The van der Waals surface area contributed by atoms with Gasteiger partial charge >= 0.3 is 0 Å². The normalized spacial score (nSPS) is 36.1. The number of hydrogen-bond donors (Lipinski definition) is 2. The van der Waals surface area contributed by atoms with Gasteiger partial charge in [0, 0.05) is 11.0 Å². The van der Waals surface area contributed by atoms with Crippen molar-refractivity contribution >= 4 is 5.71 Å². The fourth-order valence-corrected chi connectivity index (χ4v) is 3.41. The summed E-state index contributed by atoms with van der Waals surface area (Å²) in [4.78, 5) is 0. The standard InChI is InChI=1S/C14H17NO2/c1-8-6-10-9(2)14(4-5-14)13(3,16)12(15-17)11(10)7-8/h6-7,16-17H,4-5H2,1-3H3/b15-12+/t13-/m0/s1. The second-order valence-electron chi connectivity index (χ2n) is 5.59. The summed E-state index contributed by atoms with van der Waals surface area (Å²) in [6, 6.07) is 0. The van der Waals surface area contributed by atoms with E-state index >= 15 is 0 Å². The first kappa shape index (κ1) is 10.8. The summed E-state index contributed by atoms with van der Waals surface area (Å²) in [5, 5.41) is 23.4. The van der Waals surface area contributed by atoms with E-state index < -0.39 is 5.60 Å². The molecule has 1 atom stereocenters. The number of aliphatic hydroxyl groups is 1. The first-order chi connectivity index (χ1) is 7.94. The van der Waals surface area contributed by atoms with Gasteiger partial charge in [-0.15, -0.1) is 0 Å². The fraction of sp³-hybridized carbons (Fsp3) is 0.500. The lowest BCUT2D eigenvalue weighted by molar-refractivity contribution is 0.0636. The van der Waals surface area contributed by atoms with E-state index in [0.29, 0.717) is 5.71 Å². The topological polar surface area (TPSA) is 52.8 Å². The average Bonchev–Trinajstić information content (AvgIpc) is 2.97. The van der Waals surface area contributed by atoms with Gasteiger partial charge in [-0.05, 0) is 50.8 Å². The van der Waals surface area contributed by atoms with E-state index in [4.69, 9.17) is 0 Å². The number of hydrogen-bond acceptors (Lipinski definition) is 3. The van der Waals surface area contributed by atoms with Gasteiger partial charge in [0.05, 0.1) is 0 Å². The van der Waals surface area contributed by atoms with Crippen LogP contribution in [0.4, 0.5) is 0 Å². The minimum Gasteiger partial charge on any atom is -0.411 e. The van der Waals surface area contributed by atoms with E-state index in [2.05, 4.69) is 18.2 Å². The lowest BCUT2D eigenvalue weighted by Gasteiger charge is -2.40. The molecule has 3 aliphatic rings. The fourth-order valence-electron chi connectivity index (χ4n) is 3.41. The van der Waals surface area contributed by atoms with Crippen LogP contribution in [0.1, 0.15) is 33.6 Å². The van der Waals surface area contributed by atoms with Crippen molar-refractivity contribution in [2.45, 2.75) is 39.2 Å². The molecule has 0 heterocycles. The lowest BCUT2D eigenvalue weighted by atomic mass is 9.68. The molecular formula is C14H17NO2. The van der Waals surface area contributed by atoms with Gasteiger partial charge in [-0.2, -0.15) is 0 Å². The SMILES string of the molecule is CC1=CC2=C(C)C3(CC3)[C@@](C)(O)/C(=N/O)C2=C1. The van der Waals surface area contributed by atoms with Crippen molar-refractivity contribution in [3.8, 4) is 0 Å². The first-order valence-electron chi connectivity index (χ1n) is 6.01. The Labute approximate surface area is 101 Å². The summed E-state index contributed by atoms with van der Waals surface area (Å²) < 4.78 is 0. The van der Waals surface area contributed by atoms with Crippen LogP contribution in [0.15, 0.2) is 39.6 Å². The van der Waals surface area contributed by atoms with Gasteiger partial charge in [-0.25, -0.2) is 0 Å². The van der Waals surface area contributed by atoms with E-state index in [9.17, 15) is 10.3 Å². The molecule has 17 heavy (non-hydrogen) atoms. The molecule has 3 rings (SSSR count). The highest BCUT2D eigenvalue weighted by molar-refractivity contribution is 6.13. The highest BCUT2D eigenvalue weighted by atomic mass is 16.4. The highest BCUT2D eigenvalue weighted by Crippen LogP contribution is 2.64. The number of fused-ring (bicyclic) bond motifs is 1. The van der Waals surface area contributed by atoms with Gasteiger partial charge in [0.15, 0.2) is 0 Å². The van der Waals surface area contributed by atoms with E-state index in [-0.39, 0.29) is 5.41 Å². The molecule has 2 N–H and O–H groups in total. The van der Waals surface area contributed by atoms with Crippen molar-refractivity contribution in [2.24, 2.45) is 10.6 Å². The van der Waals surface area contributed by atoms with Gasteiger partial charge in [0.25, 0.3) is 0 Å². The predicted molar refractivity (Wildman–Crippen MR) is 66.1 cm³/mol. The molecule has 0 radical (unpaired) electrons. The Morgan fingerprint density at radius 2 is 1.88 bits per heavy atom. The third-order valence-corrected chi connectivity index (χ3v) is 4.65. The van der Waals surface area contributed by atoms with Crippen LogP contribution in [0.2, 0.25) is 0 Å². The summed E-state index contributed by atoms with van der Waals surface area (Å²) in [6.45, 7) is 5.88. The zero-order valence-electron chi connectivity index (χ0n) is 10.4. The Morgan fingerprint density at radius 3 is 2.41 bits per heavy atom. The van der Waals surface area contributed by atoms with E-state index in [0.717, 1.165) is 29.6 Å². The van der Waals surface area contributed by atoms with Crippen LogP contribution in [-0.4, -0.2) is 21.6 Å². The molecular weight excluding hydrogens is 214 g/mol. The third-order valence-electron chi connectivity index (χ3n) is 4.65. The Morgan fingerprint density at radius 1 is 1.24 bits per heavy atom. The van der Waals surface area contributed by atoms with Crippen molar-refractivity contribution in [3.63, 3.8) is 0 Å². The zero-order chi connectivity index (χ0) is 12.4. The van der Waals surface area contributed by atoms with Crippen molar-refractivity contribution in [2.75, 3.05) is 0 Å². The summed E-state index contributed by atoms with van der Waals surface area (Å²) in [5.74, 6) is 0. The van der Waals surface area contributed by atoms with Crippen LogP contribution in [0.25, 0.3) is 0 Å². The van der Waals surface area contributed by atoms with Crippen LogP contribution >= 0.6 is 0 Å². The zero-order valence-corrected chi connectivity index (χ0v) is 10.4. The number of allylic oxidation sites excluding steroid dienone is 4. The van der Waals surface area contributed by atoms with Crippen molar-refractivity contribution in [1.82, 2.24) is 0 Å². The van der Waals surface area contributed by atoms with Crippen LogP contribution in [0, 0.1) is 5.41 Å². The highest BCUT2D eigenvalue weighted by Gasteiger charge is 2.63. The lowest BCUT2D eigenvalue weighted by Crippen LogP contribution is -2.49. The van der Waals surface area contributed by atoms with Crippen LogP contribution in [0.5, 0.6) is 0 Å². The first-order valence-corrected chi connectivity index (χ1v) is 6.01. The molecule has 3 heteroatoms. The third kappa shape index (κ3) is 1.08. The number of nitrogens with zero attached hydrogens (tertiary/aromatic N) is 1. The summed E-state index contributed by atoms with van der Waals surface area (Å²) in [5.41, 5.74) is 3.55. The van der Waals surface area contributed by atoms with Gasteiger partial charge < -0.3 is 10.3 Å². The molecule has 0 amide bonds. The molecule has 0 bridgehead atoms. The largest absolute Gasteiger partial charge is 0.411 e. The number of rotatable bonds is 0. The molecule has 1 fully saturated rings. The van der Waals surface area contributed by atoms with Gasteiger partial charge in [0.2, 0.25) is 0 Å². The predicted octanol–water partition coefficient (Wildman–Crippen LogP) is 2.56. The summed E-state index contributed by atoms with van der Waals surface area (Å²) in [7, 11) is 0. The van der Waals surface area contributed by atoms with Crippen molar-refractivity contribution < 1.29 is 10.3 Å². The molecule has 3 nitrogen and oxygen atoms in total. The van der Waals surface area contributed by atoms with Crippen LogP contribution in [0.3, 0.4) is 0 Å². The molecule has 0 aliphatic heterocycles. The quantitative estimate of drug-likeness (QED) is 0.497. The van der Waals surface area contributed by atoms with Gasteiger partial charge in [-0.1, -0.05) is 16.8 Å². The molecule has 0 aromatic rings. The summed E-state index contributed by atoms with van der Waals surface area (Å²) >= 11 is 0. The Kier molecular flexibility index (Phi) is 1.84. The minimum absolute atomic E-state index is 0.206. The second kappa shape index (κ2) is 2.91. The van der Waals surface area contributed by atoms with Crippen molar-refractivity contribution in [3.05, 3.63) is 34.4 Å². The van der Waals surface area contributed by atoms with E-state index in [1.807, 2.05) is 13.0 Å². The molecule has 0 aromatic heterocycles. The molecule has 0 saturated heterocycles. The van der Waals surface area contributed by atoms with E-state index in [1.54, 1.807) is 6.92 Å². The molecule has 0 aromatic carbocycles. The Balaban J connectivity index is 2.30. The monoisotopic (exact) mass is 231 g/mol. The molecule has 1 spiro atoms. The van der Waals surface area contributed by atoms with Crippen molar-refractivity contribution in [1.29, 1.82) is 0 Å². The van der Waals surface area contributed by atoms with Crippen LogP contribution in [-0.2, 0) is 0 Å². The van der Waals surface area contributed by atoms with Gasteiger partial charge in [0.1, 0.15) is 11.3 Å². The average molecular weight is 231 g/mol. The maximum atomic E-state index is 10.7. The minimum atomic E-state index is -1.06. The molecule has 90 valence electrons. The maximum Gasteiger partial charge on any atom is 0.120 e. The van der Waals surface area contributed by atoms with E-state index in [1.165, 1.54) is 5.57 Å². The second-order valence-corrected chi connectivity index (χ2v) is 5.59. The van der Waals surface area contributed by atoms with Crippen LogP contribution < -0.4 is 0 Å². The summed E-state index contributed by atoms with van der Waals surface area (Å²) in [6.07, 6.45) is 6.03. The van der Waals surface area contributed by atoms with Gasteiger partial charge in [-0.3, -0.25) is 0 Å². The number of oxime groups is 1.